The predicted octanol–water partition coefficient (Wildman–Crippen LogP) is 2.64. The molecule has 0 aliphatic rings. The Morgan fingerprint density at radius 3 is 2.77 bits per heavy atom. The first-order chi connectivity index (χ1) is 6.24. The highest BCUT2D eigenvalue weighted by Crippen LogP contribution is 2.19. The molecule has 0 aliphatic carbocycles. The number of thioether (sulfide) groups is 1. The molecule has 0 bridgehead atoms. The Balaban J connectivity index is 2.59. The van der Waals surface area contributed by atoms with Crippen molar-refractivity contribution in [3.8, 4) is 0 Å². The molecule has 1 aromatic rings. The van der Waals surface area contributed by atoms with Crippen LogP contribution in [0.2, 0.25) is 0 Å². The van der Waals surface area contributed by atoms with E-state index in [1.807, 2.05) is 18.3 Å². The van der Waals surface area contributed by atoms with Gasteiger partial charge in [0.25, 0.3) is 0 Å². The lowest BCUT2D eigenvalue weighted by Crippen LogP contribution is -1.94. The van der Waals surface area contributed by atoms with Gasteiger partial charge < -0.3 is 5.11 Å². The Labute approximate surface area is 83.4 Å². The maximum Gasteiger partial charge on any atom is 0.0931 e. The highest BCUT2D eigenvalue weighted by molar-refractivity contribution is 7.99. The van der Waals surface area contributed by atoms with E-state index >= 15 is 0 Å². The quantitative estimate of drug-likeness (QED) is 0.753. The van der Waals surface area contributed by atoms with Gasteiger partial charge in [0.05, 0.1) is 11.8 Å². The molecule has 1 atom stereocenters. The molecule has 0 saturated carbocycles. The monoisotopic (exact) mass is 197 g/mol. The molecule has 0 aromatic carbocycles. The molecule has 0 aliphatic heterocycles. The van der Waals surface area contributed by atoms with Crippen molar-refractivity contribution in [3.05, 3.63) is 24.0 Å². The summed E-state index contributed by atoms with van der Waals surface area (Å²) in [6, 6.07) is 3.89. The Morgan fingerprint density at radius 2 is 2.31 bits per heavy atom. The fourth-order valence-electron chi connectivity index (χ4n) is 0.944. The molecule has 0 spiro atoms. The highest BCUT2D eigenvalue weighted by atomic mass is 32.2. The van der Waals surface area contributed by atoms with E-state index in [-0.39, 0.29) is 0 Å². The van der Waals surface area contributed by atoms with Gasteiger partial charge in [-0.1, -0.05) is 6.92 Å². The first-order valence-electron chi connectivity index (χ1n) is 4.51. The largest absolute Gasteiger partial charge is 0.387 e. The third kappa shape index (κ3) is 3.36. The van der Waals surface area contributed by atoms with Crippen LogP contribution in [0.4, 0.5) is 0 Å². The van der Waals surface area contributed by atoms with E-state index in [2.05, 4.69) is 11.9 Å². The SMILES string of the molecule is CCCSc1ccc(C(C)O)nc1. The third-order valence-corrected chi connectivity index (χ3v) is 2.85. The lowest BCUT2D eigenvalue weighted by atomic mass is 10.2. The third-order valence-electron chi connectivity index (χ3n) is 1.66. The molecule has 1 aromatic heterocycles. The van der Waals surface area contributed by atoms with Crippen LogP contribution in [0, 0.1) is 0 Å². The molecule has 0 saturated heterocycles. The zero-order valence-electron chi connectivity index (χ0n) is 8.03. The van der Waals surface area contributed by atoms with Gasteiger partial charge in [-0.25, -0.2) is 0 Å². The van der Waals surface area contributed by atoms with Crippen molar-refractivity contribution in [2.24, 2.45) is 0 Å². The first kappa shape index (κ1) is 10.5. The number of hydrogen-bond donors (Lipinski definition) is 1. The summed E-state index contributed by atoms with van der Waals surface area (Å²) in [6.45, 7) is 3.88. The summed E-state index contributed by atoms with van der Waals surface area (Å²) < 4.78 is 0. The second-order valence-corrected chi connectivity index (χ2v) is 4.11. The standard InChI is InChI=1S/C10H15NOS/c1-3-6-13-9-4-5-10(8(2)12)11-7-9/h4-5,7-8,12H,3,6H2,1-2H3. The number of pyridine rings is 1. The predicted molar refractivity (Wildman–Crippen MR) is 55.9 cm³/mol. The van der Waals surface area contributed by atoms with Crippen molar-refractivity contribution in [2.45, 2.75) is 31.3 Å². The Morgan fingerprint density at radius 1 is 1.54 bits per heavy atom. The van der Waals surface area contributed by atoms with Gasteiger partial charge in [0.15, 0.2) is 0 Å². The van der Waals surface area contributed by atoms with E-state index in [1.165, 1.54) is 11.3 Å². The van der Waals surface area contributed by atoms with Gasteiger partial charge in [0.2, 0.25) is 0 Å². The molecule has 3 heteroatoms. The summed E-state index contributed by atoms with van der Waals surface area (Å²) >= 11 is 1.80. The molecule has 1 rings (SSSR count). The van der Waals surface area contributed by atoms with Crippen LogP contribution in [0.5, 0.6) is 0 Å². The van der Waals surface area contributed by atoms with Crippen molar-refractivity contribution in [2.75, 3.05) is 5.75 Å². The average molecular weight is 197 g/mol. The first-order valence-corrected chi connectivity index (χ1v) is 5.49. The lowest BCUT2D eigenvalue weighted by molar-refractivity contribution is 0.194. The molecular weight excluding hydrogens is 182 g/mol. The van der Waals surface area contributed by atoms with Crippen LogP contribution in [0.3, 0.4) is 0 Å². The van der Waals surface area contributed by atoms with Gasteiger partial charge in [-0.3, -0.25) is 4.98 Å². The number of aromatic nitrogens is 1. The van der Waals surface area contributed by atoms with Crippen molar-refractivity contribution in [3.63, 3.8) is 0 Å². The average Bonchev–Trinajstić information content (AvgIpc) is 2.15. The van der Waals surface area contributed by atoms with E-state index in [9.17, 15) is 5.11 Å². The van der Waals surface area contributed by atoms with Crippen LogP contribution < -0.4 is 0 Å². The Hall–Kier alpha value is -0.540. The number of hydrogen-bond acceptors (Lipinski definition) is 3. The molecule has 2 nitrogen and oxygen atoms in total. The summed E-state index contributed by atoms with van der Waals surface area (Å²) in [4.78, 5) is 5.33. The van der Waals surface area contributed by atoms with Gasteiger partial charge in [-0.05, 0) is 31.2 Å². The Kier molecular flexibility index (Phi) is 4.25. The van der Waals surface area contributed by atoms with E-state index < -0.39 is 6.10 Å². The smallest absolute Gasteiger partial charge is 0.0931 e. The van der Waals surface area contributed by atoms with Crippen molar-refractivity contribution < 1.29 is 5.11 Å². The Bertz CT molecular complexity index is 246. The maximum absolute atomic E-state index is 9.22. The molecule has 1 N–H and O–H groups in total. The fraction of sp³-hybridized carbons (Fsp3) is 0.500. The summed E-state index contributed by atoms with van der Waals surface area (Å²) in [5.41, 5.74) is 0.737. The molecule has 1 unspecified atom stereocenters. The number of aliphatic hydroxyl groups excluding tert-OH is 1. The highest BCUT2D eigenvalue weighted by Gasteiger charge is 2.01. The number of aliphatic hydroxyl groups is 1. The number of nitrogens with zero attached hydrogens (tertiary/aromatic N) is 1. The van der Waals surface area contributed by atoms with Crippen LogP contribution >= 0.6 is 11.8 Å². The minimum absolute atomic E-state index is 0.467. The van der Waals surface area contributed by atoms with Crippen molar-refractivity contribution >= 4 is 11.8 Å². The molecule has 72 valence electrons. The topological polar surface area (TPSA) is 33.1 Å². The zero-order valence-corrected chi connectivity index (χ0v) is 8.84. The minimum Gasteiger partial charge on any atom is -0.387 e. The van der Waals surface area contributed by atoms with Crippen molar-refractivity contribution in [1.29, 1.82) is 0 Å². The van der Waals surface area contributed by atoms with E-state index in [4.69, 9.17) is 0 Å². The van der Waals surface area contributed by atoms with E-state index in [0.717, 1.165) is 11.4 Å². The minimum atomic E-state index is -0.467. The van der Waals surface area contributed by atoms with Crippen LogP contribution in [0.1, 0.15) is 32.1 Å². The van der Waals surface area contributed by atoms with Gasteiger partial charge in [-0.15, -0.1) is 11.8 Å². The molecule has 13 heavy (non-hydrogen) atoms. The fourth-order valence-corrected chi connectivity index (χ4v) is 1.68. The maximum atomic E-state index is 9.22. The molecular formula is C10H15NOS. The molecule has 0 fully saturated rings. The lowest BCUT2D eigenvalue weighted by Gasteiger charge is -2.04. The van der Waals surface area contributed by atoms with Crippen LogP contribution in [0.25, 0.3) is 0 Å². The zero-order chi connectivity index (χ0) is 9.68. The van der Waals surface area contributed by atoms with Crippen LogP contribution in [-0.2, 0) is 0 Å². The van der Waals surface area contributed by atoms with E-state index in [0.29, 0.717) is 0 Å². The number of rotatable bonds is 4. The molecule has 0 radical (unpaired) electrons. The van der Waals surface area contributed by atoms with Crippen molar-refractivity contribution in [1.82, 2.24) is 4.98 Å². The van der Waals surface area contributed by atoms with Crippen LogP contribution in [-0.4, -0.2) is 15.8 Å². The van der Waals surface area contributed by atoms with Gasteiger partial charge >= 0.3 is 0 Å². The second-order valence-electron chi connectivity index (χ2n) is 2.94. The normalized spacial score (nSPS) is 12.8. The van der Waals surface area contributed by atoms with Gasteiger partial charge in [0, 0.05) is 11.1 Å². The van der Waals surface area contributed by atoms with Gasteiger partial charge in [-0.2, -0.15) is 0 Å². The summed E-state index contributed by atoms with van der Waals surface area (Å²) in [7, 11) is 0. The molecule has 0 amide bonds. The van der Waals surface area contributed by atoms with Gasteiger partial charge in [0.1, 0.15) is 0 Å². The molecule has 1 heterocycles. The van der Waals surface area contributed by atoms with E-state index in [1.54, 1.807) is 18.7 Å². The summed E-state index contributed by atoms with van der Waals surface area (Å²) in [6.07, 6.45) is 2.52. The van der Waals surface area contributed by atoms with Crippen LogP contribution in [0.15, 0.2) is 23.2 Å². The summed E-state index contributed by atoms with van der Waals surface area (Å²) in [5.74, 6) is 1.12. The second kappa shape index (κ2) is 5.25. The summed E-state index contributed by atoms with van der Waals surface area (Å²) in [5, 5.41) is 9.22.